The molecule has 0 unspecified atom stereocenters. The first-order valence-electron chi connectivity index (χ1n) is 12.8. The molecule has 1 aromatic carbocycles. The van der Waals surface area contributed by atoms with Gasteiger partial charge in [0.15, 0.2) is 0 Å². The van der Waals surface area contributed by atoms with E-state index in [0.29, 0.717) is 5.75 Å². The van der Waals surface area contributed by atoms with E-state index >= 15 is 0 Å². The van der Waals surface area contributed by atoms with Crippen LogP contribution in [0.3, 0.4) is 0 Å². The van der Waals surface area contributed by atoms with Gasteiger partial charge in [0.1, 0.15) is 17.4 Å². The van der Waals surface area contributed by atoms with Gasteiger partial charge in [-0.25, -0.2) is 9.59 Å². The normalized spacial score (nSPS) is 18.2. The van der Waals surface area contributed by atoms with Crippen LogP contribution in [0.15, 0.2) is 24.3 Å². The van der Waals surface area contributed by atoms with Crippen LogP contribution in [0.4, 0.5) is 4.79 Å². The Bertz CT molecular complexity index is 734. The Morgan fingerprint density at radius 3 is 2.03 bits per heavy atom. The first-order valence-corrected chi connectivity index (χ1v) is 12.8. The highest BCUT2D eigenvalue weighted by Crippen LogP contribution is 2.22. The largest absolute Gasteiger partial charge is 0.497 e. The van der Waals surface area contributed by atoms with Gasteiger partial charge in [-0.3, -0.25) is 0 Å². The van der Waals surface area contributed by atoms with Crippen LogP contribution in [0.25, 0.3) is 0 Å². The zero-order valence-electron chi connectivity index (χ0n) is 21.4. The van der Waals surface area contributed by atoms with Gasteiger partial charge in [0, 0.05) is 18.5 Å². The lowest BCUT2D eigenvalue weighted by molar-refractivity contribution is -0.139. The maximum atomic E-state index is 11.7. The summed E-state index contributed by atoms with van der Waals surface area (Å²) < 4.78 is 10.1. The smallest absolute Gasteiger partial charge is 0.408 e. The van der Waals surface area contributed by atoms with E-state index < -0.39 is 23.7 Å². The molecular formula is C27H44N2O5. The molecule has 0 aromatic heterocycles. The van der Waals surface area contributed by atoms with E-state index in [1.807, 2.05) is 0 Å². The number of ether oxygens (including phenoxy) is 2. The second-order valence-electron chi connectivity index (χ2n) is 10.4. The highest BCUT2D eigenvalue weighted by Gasteiger charge is 2.24. The van der Waals surface area contributed by atoms with E-state index in [1.54, 1.807) is 45.0 Å². The molecule has 2 saturated carbocycles. The molecule has 0 spiro atoms. The van der Waals surface area contributed by atoms with Crippen LogP contribution >= 0.6 is 0 Å². The van der Waals surface area contributed by atoms with Gasteiger partial charge in [-0.15, -0.1) is 0 Å². The predicted molar refractivity (Wildman–Crippen MR) is 134 cm³/mol. The molecule has 0 saturated heterocycles. The standard InChI is InChI=1S/C15H21NO5.C12H23N/c1-15(2,3)21-14(19)16-12(13(17)18)9-10-6-5-7-11(8-10)20-4;1-3-7-11(8-4-1)13-12-9-5-2-6-10-12/h5-8,12H,9H2,1-4H3,(H,16,19)(H,17,18);11-13H,1-10H2/t12-;/m0./s1. The summed E-state index contributed by atoms with van der Waals surface area (Å²) in [4.78, 5) is 22.9. The van der Waals surface area contributed by atoms with Crippen molar-refractivity contribution in [1.29, 1.82) is 0 Å². The Labute approximate surface area is 205 Å². The summed E-state index contributed by atoms with van der Waals surface area (Å²) in [6.45, 7) is 5.14. The summed E-state index contributed by atoms with van der Waals surface area (Å²) in [5.74, 6) is -0.488. The molecule has 1 amide bonds. The van der Waals surface area contributed by atoms with Gasteiger partial charge in [0.2, 0.25) is 0 Å². The average Bonchev–Trinajstić information content (AvgIpc) is 2.79. The molecule has 2 aliphatic rings. The summed E-state index contributed by atoms with van der Waals surface area (Å²) in [5, 5.41) is 15.4. The minimum atomic E-state index is -1.12. The molecule has 0 bridgehead atoms. The van der Waals surface area contributed by atoms with E-state index in [-0.39, 0.29) is 6.42 Å². The number of alkyl carbamates (subject to hydrolysis) is 1. The van der Waals surface area contributed by atoms with Crippen LogP contribution in [0.5, 0.6) is 5.75 Å². The number of carboxylic acids is 1. The fourth-order valence-electron chi connectivity index (χ4n) is 4.56. The van der Waals surface area contributed by atoms with Crippen molar-refractivity contribution in [2.75, 3.05) is 7.11 Å². The number of amides is 1. The maximum absolute atomic E-state index is 11.7. The topological polar surface area (TPSA) is 96.9 Å². The van der Waals surface area contributed by atoms with E-state index in [9.17, 15) is 14.7 Å². The Morgan fingerprint density at radius 2 is 1.56 bits per heavy atom. The van der Waals surface area contributed by atoms with Crippen molar-refractivity contribution in [3.63, 3.8) is 0 Å². The molecule has 0 aliphatic heterocycles. The van der Waals surface area contributed by atoms with Crippen molar-refractivity contribution >= 4 is 12.1 Å². The van der Waals surface area contributed by atoms with Crippen molar-refractivity contribution in [2.24, 2.45) is 0 Å². The van der Waals surface area contributed by atoms with E-state index in [4.69, 9.17) is 9.47 Å². The van der Waals surface area contributed by atoms with Crippen molar-refractivity contribution in [2.45, 2.75) is 115 Å². The minimum absolute atomic E-state index is 0.145. The highest BCUT2D eigenvalue weighted by atomic mass is 16.6. The van der Waals surface area contributed by atoms with Gasteiger partial charge < -0.3 is 25.2 Å². The lowest BCUT2D eigenvalue weighted by Gasteiger charge is -2.30. The molecule has 7 heteroatoms. The Kier molecular flexibility index (Phi) is 11.7. The van der Waals surface area contributed by atoms with Gasteiger partial charge in [-0.1, -0.05) is 50.7 Å². The molecule has 2 aliphatic carbocycles. The number of carboxylic acid groups (broad SMARTS) is 1. The molecule has 0 radical (unpaired) electrons. The number of carbonyl (C=O) groups is 2. The Hall–Kier alpha value is -2.28. The molecule has 1 aromatic rings. The number of hydrogen-bond acceptors (Lipinski definition) is 5. The van der Waals surface area contributed by atoms with Gasteiger partial charge in [0.25, 0.3) is 0 Å². The summed E-state index contributed by atoms with van der Waals surface area (Å²) in [5.41, 5.74) is 0.0705. The zero-order valence-corrected chi connectivity index (χ0v) is 21.4. The summed E-state index contributed by atoms with van der Waals surface area (Å²) in [6, 6.07) is 7.71. The number of nitrogens with one attached hydrogen (secondary N) is 2. The third kappa shape index (κ3) is 11.2. The van der Waals surface area contributed by atoms with Crippen molar-refractivity contribution in [3.05, 3.63) is 29.8 Å². The zero-order chi connectivity index (χ0) is 25.0. The monoisotopic (exact) mass is 476 g/mol. The molecule has 0 heterocycles. The van der Waals surface area contributed by atoms with Crippen LogP contribution in [0.2, 0.25) is 0 Å². The fraction of sp³-hybridized carbons (Fsp3) is 0.704. The number of methoxy groups -OCH3 is 1. The SMILES string of the molecule is C1CCC(NC2CCCCC2)CC1.COc1cccc(C[C@H](NC(=O)OC(C)(C)C)C(=O)O)c1. The Morgan fingerprint density at radius 1 is 1.00 bits per heavy atom. The fourth-order valence-corrected chi connectivity index (χ4v) is 4.56. The van der Waals surface area contributed by atoms with Gasteiger partial charge in [0.05, 0.1) is 7.11 Å². The van der Waals surface area contributed by atoms with E-state index in [0.717, 1.165) is 17.6 Å². The van der Waals surface area contributed by atoms with Crippen LogP contribution in [-0.2, 0) is 16.0 Å². The lowest BCUT2D eigenvalue weighted by atomic mass is 9.91. The number of benzene rings is 1. The van der Waals surface area contributed by atoms with Gasteiger partial charge >= 0.3 is 12.1 Å². The maximum Gasteiger partial charge on any atom is 0.408 e. The summed E-state index contributed by atoms with van der Waals surface area (Å²) in [7, 11) is 1.53. The molecule has 192 valence electrons. The highest BCUT2D eigenvalue weighted by molar-refractivity contribution is 5.80. The van der Waals surface area contributed by atoms with Crippen molar-refractivity contribution in [3.8, 4) is 5.75 Å². The van der Waals surface area contributed by atoms with Gasteiger partial charge in [-0.05, 0) is 64.2 Å². The Balaban J connectivity index is 0.000000266. The van der Waals surface area contributed by atoms with E-state index in [2.05, 4.69) is 10.6 Å². The number of carbonyl (C=O) groups excluding carboxylic acids is 1. The molecule has 3 rings (SSSR count). The van der Waals surface area contributed by atoms with Crippen molar-refractivity contribution < 1.29 is 24.2 Å². The number of hydrogen-bond donors (Lipinski definition) is 3. The van der Waals surface area contributed by atoms with Gasteiger partial charge in [-0.2, -0.15) is 0 Å². The predicted octanol–water partition coefficient (Wildman–Crippen LogP) is 5.46. The van der Waals surface area contributed by atoms with Crippen LogP contribution in [0.1, 0.15) is 90.5 Å². The molecule has 34 heavy (non-hydrogen) atoms. The third-order valence-electron chi connectivity index (χ3n) is 6.24. The molecule has 3 N–H and O–H groups in total. The first-order chi connectivity index (χ1) is 16.2. The molecule has 7 nitrogen and oxygen atoms in total. The second kappa shape index (κ2) is 14.2. The summed E-state index contributed by atoms with van der Waals surface area (Å²) in [6.07, 6.45) is 14.0. The van der Waals surface area contributed by atoms with E-state index in [1.165, 1.54) is 71.3 Å². The van der Waals surface area contributed by atoms with Crippen LogP contribution in [0, 0.1) is 0 Å². The molecule has 1 atom stereocenters. The third-order valence-corrected chi connectivity index (χ3v) is 6.24. The summed E-state index contributed by atoms with van der Waals surface area (Å²) >= 11 is 0. The lowest BCUT2D eigenvalue weighted by Crippen LogP contribution is -2.44. The van der Waals surface area contributed by atoms with Crippen LogP contribution in [-0.4, -0.2) is 48.0 Å². The first kappa shape index (κ1) is 28.0. The van der Waals surface area contributed by atoms with Crippen molar-refractivity contribution in [1.82, 2.24) is 10.6 Å². The quantitative estimate of drug-likeness (QED) is 0.484. The number of rotatable bonds is 7. The van der Waals surface area contributed by atoms with Crippen LogP contribution < -0.4 is 15.4 Å². The second-order valence-corrected chi connectivity index (χ2v) is 10.4. The average molecular weight is 477 g/mol. The number of aliphatic carboxylic acids is 1. The minimum Gasteiger partial charge on any atom is -0.497 e. The molecular weight excluding hydrogens is 432 g/mol. The molecule has 2 fully saturated rings.